The summed E-state index contributed by atoms with van der Waals surface area (Å²) in [5.41, 5.74) is 0.715. The van der Waals surface area contributed by atoms with Crippen molar-refractivity contribution >= 4 is 39.2 Å². The number of amides is 2. The lowest BCUT2D eigenvalue weighted by Crippen LogP contribution is -2.35. The van der Waals surface area contributed by atoms with Gasteiger partial charge in [0.05, 0.1) is 11.3 Å². The van der Waals surface area contributed by atoms with Crippen molar-refractivity contribution in [3.63, 3.8) is 0 Å². The number of carbonyl (C=O) groups is 3. The first kappa shape index (κ1) is 12.0. The average molecular weight is 296 g/mol. The van der Waals surface area contributed by atoms with Gasteiger partial charge in [-0.15, -0.1) is 0 Å². The van der Waals surface area contributed by atoms with Crippen LogP contribution in [0.2, 0.25) is 0 Å². The third kappa shape index (κ3) is 2.02. The molecular formula is C12H10BrNO3. The highest BCUT2D eigenvalue weighted by molar-refractivity contribution is 9.09. The molecule has 0 aliphatic carbocycles. The van der Waals surface area contributed by atoms with Gasteiger partial charge in [0.2, 0.25) is 5.91 Å². The molecule has 1 aliphatic heterocycles. The SMILES string of the molecule is O=C1C(=O)N(C(=O)CCCBr)c2ccccc21. The summed E-state index contributed by atoms with van der Waals surface area (Å²) in [5.74, 6) is -1.67. The number of para-hydroxylation sites is 1. The summed E-state index contributed by atoms with van der Waals surface area (Å²) in [7, 11) is 0. The molecule has 4 nitrogen and oxygen atoms in total. The molecule has 88 valence electrons. The van der Waals surface area contributed by atoms with Gasteiger partial charge in [0.15, 0.2) is 0 Å². The van der Waals surface area contributed by atoms with Crippen molar-refractivity contribution in [1.29, 1.82) is 0 Å². The van der Waals surface area contributed by atoms with Crippen molar-refractivity contribution in [3.05, 3.63) is 29.8 Å². The highest BCUT2D eigenvalue weighted by Crippen LogP contribution is 2.29. The Morgan fingerprint density at radius 3 is 2.65 bits per heavy atom. The van der Waals surface area contributed by atoms with E-state index in [1.807, 2.05) is 0 Å². The van der Waals surface area contributed by atoms with E-state index in [0.717, 1.165) is 4.90 Å². The fourth-order valence-electron chi connectivity index (χ4n) is 1.76. The molecule has 0 saturated carbocycles. The second-order valence-corrected chi connectivity index (χ2v) is 4.47. The van der Waals surface area contributed by atoms with Crippen LogP contribution in [-0.2, 0) is 9.59 Å². The maximum atomic E-state index is 11.9. The van der Waals surface area contributed by atoms with Crippen LogP contribution in [0.5, 0.6) is 0 Å². The first-order chi connectivity index (χ1) is 8.16. The number of hydrogen-bond donors (Lipinski definition) is 0. The molecule has 0 spiro atoms. The lowest BCUT2D eigenvalue weighted by atomic mass is 10.1. The number of rotatable bonds is 3. The summed E-state index contributed by atoms with van der Waals surface area (Å²) >= 11 is 3.22. The molecule has 2 amide bonds. The minimum Gasteiger partial charge on any atom is -0.283 e. The first-order valence-corrected chi connectivity index (χ1v) is 6.35. The molecule has 2 rings (SSSR count). The van der Waals surface area contributed by atoms with Gasteiger partial charge in [-0.2, -0.15) is 0 Å². The van der Waals surface area contributed by atoms with Gasteiger partial charge < -0.3 is 0 Å². The van der Waals surface area contributed by atoms with Crippen LogP contribution in [0.1, 0.15) is 23.2 Å². The molecule has 5 heteroatoms. The number of hydrogen-bond acceptors (Lipinski definition) is 3. The largest absolute Gasteiger partial charge is 0.306 e. The molecule has 0 atom stereocenters. The molecule has 0 N–H and O–H groups in total. The van der Waals surface area contributed by atoms with Gasteiger partial charge in [-0.05, 0) is 18.6 Å². The van der Waals surface area contributed by atoms with E-state index in [1.54, 1.807) is 24.3 Å². The van der Waals surface area contributed by atoms with Crippen LogP contribution in [0.25, 0.3) is 0 Å². The molecule has 0 fully saturated rings. The summed E-state index contributed by atoms with van der Waals surface area (Å²) in [4.78, 5) is 36.2. The Kier molecular flexibility index (Phi) is 3.38. The predicted molar refractivity (Wildman–Crippen MR) is 66.3 cm³/mol. The number of ketones is 1. The quantitative estimate of drug-likeness (QED) is 0.632. The molecule has 0 bridgehead atoms. The Hall–Kier alpha value is -1.49. The van der Waals surface area contributed by atoms with Gasteiger partial charge in [0.1, 0.15) is 0 Å². The maximum absolute atomic E-state index is 11.9. The van der Waals surface area contributed by atoms with E-state index < -0.39 is 11.7 Å². The van der Waals surface area contributed by atoms with Gasteiger partial charge in [-0.25, -0.2) is 4.90 Å². The van der Waals surface area contributed by atoms with Gasteiger partial charge in [-0.3, -0.25) is 14.4 Å². The van der Waals surface area contributed by atoms with E-state index in [1.165, 1.54) is 0 Å². The Bertz CT molecular complexity index is 498. The van der Waals surface area contributed by atoms with Crippen molar-refractivity contribution in [2.24, 2.45) is 0 Å². The van der Waals surface area contributed by atoms with Crippen LogP contribution >= 0.6 is 15.9 Å². The molecule has 1 heterocycles. The number of anilines is 1. The summed E-state index contributed by atoms with van der Waals surface area (Å²) in [6.45, 7) is 0. The van der Waals surface area contributed by atoms with Crippen LogP contribution in [0, 0.1) is 0 Å². The van der Waals surface area contributed by atoms with Crippen molar-refractivity contribution in [2.75, 3.05) is 10.2 Å². The number of nitrogens with zero attached hydrogens (tertiary/aromatic N) is 1. The topological polar surface area (TPSA) is 54.5 Å². The lowest BCUT2D eigenvalue weighted by Gasteiger charge is -2.13. The average Bonchev–Trinajstić information content (AvgIpc) is 2.60. The predicted octanol–water partition coefficient (Wildman–Crippen LogP) is 1.92. The Morgan fingerprint density at radius 2 is 1.94 bits per heavy atom. The number of benzene rings is 1. The highest BCUT2D eigenvalue weighted by Gasteiger charge is 2.38. The maximum Gasteiger partial charge on any atom is 0.306 e. The van der Waals surface area contributed by atoms with Crippen LogP contribution in [0.3, 0.4) is 0 Å². The summed E-state index contributed by atoms with van der Waals surface area (Å²) in [6, 6.07) is 6.56. The van der Waals surface area contributed by atoms with Crippen LogP contribution in [0.15, 0.2) is 24.3 Å². The van der Waals surface area contributed by atoms with E-state index in [9.17, 15) is 14.4 Å². The third-order valence-corrected chi connectivity index (χ3v) is 3.12. The monoisotopic (exact) mass is 295 g/mol. The number of halogens is 1. The molecule has 17 heavy (non-hydrogen) atoms. The van der Waals surface area contributed by atoms with Crippen LogP contribution in [-0.4, -0.2) is 22.9 Å². The molecule has 0 radical (unpaired) electrons. The molecule has 1 aromatic carbocycles. The van der Waals surface area contributed by atoms with Crippen molar-refractivity contribution < 1.29 is 14.4 Å². The summed E-state index contributed by atoms with van der Waals surface area (Å²) < 4.78 is 0. The van der Waals surface area contributed by atoms with E-state index in [-0.39, 0.29) is 12.3 Å². The Morgan fingerprint density at radius 1 is 1.24 bits per heavy atom. The Labute approximate surface area is 107 Å². The lowest BCUT2D eigenvalue weighted by molar-refractivity contribution is -0.124. The number of fused-ring (bicyclic) bond motifs is 1. The summed E-state index contributed by atoms with van der Waals surface area (Å²) in [6.07, 6.45) is 0.886. The second kappa shape index (κ2) is 4.79. The molecule has 0 saturated heterocycles. The number of carbonyl (C=O) groups excluding carboxylic acids is 3. The molecule has 1 aliphatic rings. The normalized spacial score (nSPS) is 14.1. The fourth-order valence-corrected chi connectivity index (χ4v) is 2.04. The van der Waals surface area contributed by atoms with Crippen molar-refractivity contribution in [1.82, 2.24) is 0 Å². The van der Waals surface area contributed by atoms with Gasteiger partial charge in [0, 0.05) is 11.8 Å². The molecule has 0 unspecified atom stereocenters. The van der Waals surface area contributed by atoms with E-state index >= 15 is 0 Å². The smallest absolute Gasteiger partial charge is 0.283 e. The molecule has 1 aromatic rings. The van der Waals surface area contributed by atoms with E-state index in [4.69, 9.17) is 0 Å². The zero-order chi connectivity index (χ0) is 12.4. The van der Waals surface area contributed by atoms with Crippen molar-refractivity contribution in [2.45, 2.75) is 12.8 Å². The van der Waals surface area contributed by atoms with Crippen molar-refractivity contribution in [3.8, 4) is 0 Å². The number of imide groups is 1. The van der Waals surface area contributed by atoms with Crippen LogP contribution < -0.4 is 4.90 Å². The number of alkyl halides is 1. The standard InChI is InChI=1S/C12H10BrNO3/c13-7-3-6-10(15)14-9-5-2-1-4-8(9)11(16)12(14)17/h1-2,4-5H,3,6-7H2. The first-order valence-electron chi connectivity index (χ1n) is 5.23. The van der Waals surface area contributed by atoms with Gasteiger partial charge in [0.25, 0.3) is 5.78 Å². The molecule has 0 aromatic heterocycles. The minimum absolute atomic E-state index is 0.249. The van der Waals surface area contributed by atoms with Crippen LogP contribution in [0.4, 0.5) is 5.69 Å². The highest BCUT2D eigenvalue weighted by atomic mass is 79.9. The zero-order valence-corrected chi connectivity index (χ0v) is 10.6. The summed E-state index contributed by atoms with van der Waals surface area (Å²) in [5, 5.41) is 0.691. The molecular weight excluding hydrogens is 286 g/mol. The fraction of sp³-hybridized carbons (Fsp3) is 0.250. The minimum atomic E-state index is -0.745. The third-order valence-electron chi connectivity index (χ3n) is 2.56. The Balaban J connectivity index is 2.33. The van der Waals surface area contributed by atoms with E-state index in [2.05, 4.69) is 15.9 Å². The van der Waals surface area contributed by atoms with E-state index in [0.29, 0.717) is 23.0 Å². The second-order valence-electron chi connectivity index (χ2n) is 3.67. The van der Waals surface area contributed by atoms with Gasteiger partial charge >= 0.3 is 5.91 Å². The number of Topliss-reactive ketones (excluding diaryl/α,β-unsaturated/α-hetero) is 1. The zero-order valence-electron chi connectivity index (χ0n) is 8.98. The van der Waals surface area contributed by atoms with Gasteiger partial charge in [-0.1, -0.05) is 28.1 Å².